The Bertz CT molecular complexity index is 365. The molecule has 7 heteroatoms. The summed E-state index contributed by atoms with van der Waals surface area (Å²) in [5.74, 6) is -1.16. The largest absolute Gasteiger partial charge is 0.573 e. The monoisotopic (exact) mass is 223 g/mol. The van der Waals surface area contributed by atoms with Gasteiger partial charge in [-0.3, -0.25) is 0 Å². The third kappa shape index (κ3) is 2.83. The van der Waals surface area contributed by atoms with Crippen molar-refractivity contribution < 1.29 is 27.8 Å². The fourth-order valence-electron chi connectivity index (χ4n) is 0.951. The molecule has 15 heavy (non-hydrogen) atoms. The average molecular weight is 223 g/mol. The molecule has 0 aliphatic rings. The van der Waals surface area contributed by atoms with E-state index < -0.39 is 17.9 Å². The number of ether oxygens (including phenoxy) is 2. The van der Waals surface area contributed by atoms with E-state index >= 15 is 0 Å². The molecular weight excluding hydrogens is 215 g/mol. The Kier molecular flexibility index (Phi) is 2.83. The molecule has 1 aromatic carbocycles. The second kappa shape index (κ2) is 3.76. The zero-order valence-electron chi connectivity index (χ0n) is 7.63. The van der Waals surface area contributed by atoms with E-state index in [1.54, 1.807) is 0 Å². The summed E-state index contributed by atoms with van der Waals surface area (Å²) in [6, 6.07) is 1.74. The third-order valence-corrected chi connectivity index (χ3v) is 1.53. The van der Waals surface area contributed by atoms with Crippen LogP contribution in [0.5, 0.6) is 17.2 Å². The van der Waals surface area contributed by atoms with Gasteiger partial charge in [0.2, 0.25) is 0 Å². The normalized spacial score (nSPS) is 11.2. The second-order valence-electron chi connectivity index (χ2n) is 2.61. The van der Waals surface area contributed by atoms with E-state index in [-0.39, 0.29) is 11.4 Å². The van der Waals surface area contributed by atoms with Gasteiger partial charge in [-0.25, -0.2) is 0 Å². The average Bonchev–Trinajstić information content (AvgIpc) is 2.08. The number of phenols is 1. The number of rotatable bonds is 2. The number of hydrogen-bond acceptors (Lipinski definition) is 4. The number of nitrogen functional groups attached to an aromatic ring is 1. The van der Waals surface area contributed by atoms with Crippen molar-refractivity contribution in [3.8, 4) is 17.2 Å². The molecule has 0 spiro atoms. The summed E-state index contributed by atoms with van der Waals surface area (Å²) < 4.78 is 43.7. The highest BCUT2D eigenvalue weighted by molar-refractivity contribution is 5.63. The molecule has 1 aromatic rings. The van der Waals surface area contributed by atoms with Crippen molar-refractivity contribution in [2.24, 2.45) is 0 Å². The van der Waals surface area contributed by atoms with Gasteiger partial charge in [0.05, 0.1) is 12.8 Å². The maximum Gasteiger partial charge on any atom is 0.573 e. The fraction of sp³-hybridized carbons (Fsp3) is 0.250. The van der Waals surface area contributed by atoms with Gasteiger partial charge < -0.3 is 20.3 Å². The van der Waals surface area contributed by atoms with Crippen LogP contribution < -0.4 is 15.2 Å². The topological polar surface area (TPSA) is 64.7 Å². The molecule has 1 rings (SSSR count). The van der Waals surface area contributed by atoms with Crippen molar-refractivity contribution in [1.29, 1.82) is 0 Å². The lowest BCUT2D eigenvalue weighted by Crippen LogP contribution is -2.17. The van der Waals surface area contributed by atoms with Crippen LogP contribution in [0.2, 0.25) is 0 Å². The van der Waals surface area contributed by atoms with Gasteiger partial charge in [-0.2, -0.15) is 0 Å². The molecule has 0 aromatic heterocycles. The van der Waals surface area contributed by atoms with Crippen LogP contribution in [0.25, 0.3) is 0 Å². The lowest BCUT2D eigenvalue weighted by Gasteiger charge is -2.12. The van der Waals surface area contributed by atoms with E-state index in [4.69, 9.17) is 5.73 Å². The number of anilines is 1. The molecule has 0 saturated carbocycles. The number of methoxy groups -OCH3 is 1. The summed E-state index contributed by atoms with van der Waals surface area (Å²) in [7, 11) is 1.19. The first-order valence-electron chi connectivity index (χ1n) is 3.75. The Balaban J connectivity index is 3.06. The summed E-state index contributed by atoms with van der Waals surface area (Å²) >= 11 is 0. The SMILES string of the molecule is COc1cc(OC(F)(F)F)cc(N)c1O. The van der Waals surface area contributed by atoms with E-state index in [2.05, 4.69) is 9.47 Å². The lowest BCUT2D eigenvalue weighted by molar-refractivity contribution is -0.274. The summed E-state index contributed by atoms with van der Waals surface area (Å²) in [5.41, 5.74) is 4.98. The molecule has 0 saturated heterocycles. The van der Waals surface area contributed by atoms with Gasteiger partial charge in [0.1, 0.15) is 5.75 Å². The minimum atomic E-state index is -4.81. The van der Waals surface area contributed by atoms with E-state index in [9.17, 15) is 18.3 Å². The van der Waals surface area contributed by atoms with E-state index in [1.807, 2.05) is 0 Å². The predicted molar refractivity (Wildman–Crippen MR) is 45.8 cm³/mol. The van der Waals surface area contributed by atoms with Crippen LogP contribution in [0.4, 0.5) is 18.9 Å². The Morgan fingerprint density at radius 2 is 1.93 bits per heavy atom. The lowest BCUT2D eigenvalue weighted by atomic mass is 10.2. The summed E-state index contributed by atoms with van der Waals surface area (Å²) in [4.78, 5) is 0. The quantitative estimate of drug-likeness (QED) is 0.593. The van der Waals surface area contributed by atoms with Crippen LogP contribution in [0, 0.1) is 0 Å². The number of phenolic OH excluding ortho intramolecular Hbond substituents is 1. The zero-order valence-corrected chi connectivity index (χ0v) is 7.63. The standard InChI is InChI=1S/C8H8F3NO3/c1-14-6-3-4(15-8(9,10)11)2-5(12)7(6)13/h2-3,13H,12H2,1H3. The number of alkyl halides is 3. The van der Waals surface area contributed by atoms with Crippen molar-refractivity contribution >= 4 is 5.69 Å². The van der Waals surface area contributed by atoms with Crippen molar-refractivity contribution in [1.82, 2.24) is 0 Å². The van der Waals surface area contributed by atoms with E-state index in [0.717, 1.165) is 12.1 Å². The van der Waals surface area contributed by atoms with Gasteiger partial charge in [-0.05, 0) is 0 Å². The zero-order chi connectivity index (χ0) is 11.6. The fourth-order valence-corrected chi connectivity index (χ4v) is 0.951. The number of nitrogens with two attached hydrogens (primary N) is 1. The van der Waals surface area contributed by atoms with E-state index in [1.165, 1.54) is 7.11 Å². The summed E-state index contributed by atoms with van der Waals surface area (Å²) in [5, 5.41) is 9.23. The Hall–Kier alpha value is -1.79. The van der Waals surface area contributed by atoms with Crippen LogP contribution >= 0.6 is 0 Å². The highest BCUT2D eigenvalue weighted by Gasteiger charge is 2.31. The van der Waals surface area contributed by atoms with E-state index in [0.29, 0.717) is 0 Å². The first kappa shape index (κ1) is 11.3. The van der Waals surface area contributed by atoms with Crippen LogP contribution in [0.3, 0.4) is 0 Å². The van der Waals surface area contributed by atoms with Crippen molar-refractivity contribution in [3.05, 3.63) is 12.1 Å². The molecule has 0 fully saturated rings. The molecule has 0 aliphatic heterocycles. The molecule has 3 N–H and O–H groups in total. The molecule has 0 atom stereocenters. The van der Waals surface area contributed by atoms with Crippen LogP contribution in [0.15, 0.2) is 12.1 Å². The van der Waals surface area contributed by atoms with Gasteiger partial charge in [0, 0.05) is 12.1 Å². The summed E-state index contributed by atoms with van der Waals surface area (Å²) in [6.45, 7) is 0. The highest BCUT2D eigenvalue weighted by atomic mass is 19.4. The third-order valence-electron chi connectivity index (χ3n) is 1.53. The number of aromatic hydroxyl groups is 1. The maximum absolute atomic E-state index is 11.8. The molecule has 4 nitrogen and oxygen atoms in total. The Morgan fingerprint density at radius 1 is 1.33 bits per heavy atom. The molecule has 0 bridgehead atoms. The molecule has 0 amide bonds. The predicted octanol–water partition coefficient (Wildman–Crippen LogP) is 1.88. The number of halogens is 3. The number of hydrogen-bond donors (Lipinski definition) is 2. The highest BCUT2D eigenvalue weighted by Crippen LogP contribution is 2.37. The number of benzene rings is 1. The first-order valence-corrected chi connectivity index (χ1v) is 3.75. The van der Waals surface area contributed by atoms with Gasteiger partial charge in [-0.1, -0.05) is 0 Å². The van der Waals surface area contributed by atoms with Crippen LogP contribution in [-0.2, 0) is 0 Å². The molecular formula is C8H8F3NO3. The van der Waals surface area contributed by atoms with Gasteiger partial charge >= 0.3 is 6.36 Å². The first-order chi connectivity index (χ1) is 6.83. The molecule has 0 radical (unpaired) electrons. The Morgan fingerprint density at radius 3 is 2.40 bits per heavy atom. The van der Waals surface area contributed by atoms with Crippen molar-refractivity contribution in [2.75, 3.05) is 12.8 Å². The molecule has 0 unspecified atom stereocenters. The second-order valence-corrected chi connectivity index (χ2v) is 2.61. The minimum absolute atomic E-state index is 0.186. The van der Waals surface area contributed by atoms with Gasteiger partial charge in [-0.15, -0.1) is 13.2 Å². The van der Waals surface area contributed by atoms with Crippen molar-refractivity contribution in [3.63, 3.8) is 0 Å². The van der Waals surface area contributed by atoms with Gasteiger partial charge in [0.25, 0.3) is 0 Å². The molecule has 0 aliphatic carbocycles. The van der Waals surface area contributed by atoms with Crippen molar-refractivity contribution in [2.45, 2.75) is 6.36 Å². The minimum Gasteiger partial charge on any atom is -0.503 e. The maximum atomic E-state index is 11.8. The van der Waals surface area contributed by atoms with Crippen LogP contribution in [-0.4, -0.2) is 18.6 Å². The van der Waals surface area contributed by atoms with Gasteiger partial charge in [0.15, 0.2) is 11.5 Å². The Labute approximate surface area is 83.0 Å². The molecule has 0 heterocycles. The summed E-state index contributed by atoms with van der Waals surface area (Å²) in [6.07, 6.45) is -4.81. The molecule has 84 valence electrons. The van der Waals surface area contributed by atoms with Crippen LogP contribution in [0.1, 0.15) is 0 Å². The smallest absolute Gasteiger partial charge is 0.503 e.